The van der Waals surface area contributed by atoms with Gasteiger partial charge >= 0.3 is 5.97 Å². The first-order chi connectivity index (χ1) is 10.5. The lowest BCUT2D eigenvalue weighted by atomic mass is 10.3. The molecule has 0 saturated carbocycles. The molecule has 0 aliphatic heterocycles. The number of allylic oxidation sites excluding steroid dienone is 1. The summed E-state index contributed by atoms with van der Waals surface area (Å²) in [7, 11) is 3.06. The Morgan fingerprint density at radius 1 is 1.09 bits per heavy atom. The second-order valence-electron chi connectivity index (χ2n) is 4.47. The summed E-state index contributed by atoms with van der Waals surface area (Å²) >= 11 is 0. The van der Waals surface area contributed by atoms with Gasteiger partial charge in [-0.25, -0.2) is 0 Å². The molecule has 0 bridgehead atoms. The number of hydrogen-bond acceptors (Lipinski definition) is 6. The zero-order valence-corrected chi connectivity index (χ0v) is 13.2. The summed E-state index contributed by atoms with van der Waals surface area (Å²) in [6.45, 7) is 3.09. The quantitative estimate of drug-likeness (QED) is 0.417. The highest BCUT2D eigenvalue weighted by Gasteiger charge is 2.11. The molecule has 1 aromatic carbocycles. The number of ketones is 1. The minimum Gasteiger partial charge on any atom is -0.493 e. The van der Waals surface area contributed by atoms with E-state index in [1.54, 1.807) is 38.3 Å². The summed E-state index contributed by atoms with van der Waals surface area (Å²) in [6.07, 6.45) is 1.37. The zero-order valence-electron chi connectivity index (χ0n) is 13.2. The van der Waals surface area contributed by atoms with E-state index in [4.69, 9.17) is 18.9 Å². The summed E-state index contributed by atoms with van der Waals surface area (Å²) in [5, 5.41) is 0. The van der Waals surface area contributed by atoms with Crippen LogP contribution in [0.4, 0.5) is 0 Å². The van der Waals surface area contributed by atoms with Gasteiger partial charge in [0.15, 0.2) is 11.5 Å². The lowest BCUT2D eigenvalue weighted by Gasteiger charge is -2.13. The number of Topliss-reactive ketones (excluding diaryl/α,β-unsaturated/α-hetero) is 1. The summed E-state index contributed by atoms with van der Waals surface area (Å²) in [4.78, 5) is 22.0. The predicted molar refractivity (Wildman–Crippen MR) is 80.2 cm³/mol. The molecule has 0 aliphatic carbocycles. The van der Waals surface area contributed by atoms with Crippen LogP contribution in [-0.2, 0) is 14.3 Å². The van der Waals surface area contributed by atoms with Crippen molar-refractivity contribution in [3.05, 3.63) is 30.0 Å². The van der Waals surface area contributed by atoms with Gasteiger partial charge in [-0.1, -0.05) is 6.07 Å². The molecular formula is C16H20O6. The Labute approximate surface area is 129 Å². The zero-order chi connectivity index (χ0) is 16.5. The van der Waals surface area contributed by atoms with Crippen molar-refractivity contribution < 1.29 is 28.5 Å². The number of rotatable bonds is 8. The molecule has 1 rings (SSSR count). The first-order valence-corrected chi connectivity index (χ1v) is 6.68. The molecule has 22 heavy (non-hydrogen) atoms. The maximum atomic E-state index is 11.2. The van der Waals surface area contributed by atoms with Crippen molar-refractivity contribution in [3.63, 3.8) is 0 Å². The monoisotopic (exact) mass is 308 g/mol. The van der Waals surface area contributed by atoms with Gasteiger partial charge in [0.2, 0.25) is 5.75 Å². The van der Waals surface area contributed by atoms with Gasteiger partial charge in [-0.3, -0.25) is 9.59 Å². The lowest BCUT2D eigenvalue weighted by molar-refractivity contribution is -0.144. The molecule has 6 nitrogen and oxygen atoms in total. The van der Waals surface area contributed by atoms with Crippen LogP contribution >= 0.6 is 0 Å². The average molecular weight is 308 g/mol. The first-order valence-electron chi connectivity index (χ1n) is 6.68. The van der Waals surface area contributed by atoms with Crippen LogP contribution < -0.4 is 14.2 Å². The normalized spacial score (nSPS) is 10.8. The maximum Gasteiger partial charge on any atom is 0.313 e. The molecule has 120 valence electrons. The number of ether oxygens (including phenoxy) is 4. The highest BCUT2D eigenvalue weighted by atomic mass is 16.5. The van der Waals surface area contributed by atoms with E-state index < -0.39 is 5.97 Å². The number of para-hydroxylation sites is 1. The van der Waals surface area contributed by atoms with E-state index in [1.807, 2.05) is 0 Å². The fraction of sp³-hybridized carbons (Fsp3) is 0.375. The van der Waals surface area contributed by atoms with Crippen molar-refractivity contribution in [3.8, 4) is 17.2 Å². The van der Waals surface area contributed by atoms with E-state index >= 15 is 0 Å². The number of benzene rings is 1. The molecule has 0 amide bonds. The molecule has 0 fully saturated rings. The lowest BCUT2D eigenvalue weighted by Crippen LogP contribution is -2.09. The molecule has 0 heterocycles. The van der Waals surface area contributed by atoms with Crippen LogP contribution in [0.2, 0.25) is 0 Å². The van der Waals surface area contributed by atoms with Crippen molar-refractivity contribution in [2.24, 2.45) is 0 Å². The second kappa shape index (κ2) is 8.71. The molecule has 1 aromatic rings. The minimum absolute atomic E-state index is 0.0320. The van der Waals surface area contributed by atoms with Crippen LogP contribution in [-0.4, -0.2) is 32.6 Å². The van der Waals surface area contributed by atoms with E-state index in [0.29, 0.717) is 23.0 Å². The van der Waals surface area contributed by atoms with Crippen LogP contribution in [0.1, 0.15) is 20.3 Å². The molecule has 6 heteroatoms. The van der Waals surface area contributed by atoms with Crippen molar-refractivity contribution in [2.45, 2.75) is 20.3 Å². The van der Waals surface area contributed by atoms with Crippen LogP contribution in [0.3, 0.4) is 0 Å². The third-order valence-electron chi connectivity index (χ3n) is 2.65. The van der Waals surface area contributed by atoms with Crippen molar-refractivity contribution >= 4 is 11.8 Å². The average Bonchev–Trinajstić information content (AvgIpc) is 2.46. The molecule has 0 unspecified atom stereocenters. The fourth-order valence-corrected chi connectivity index (χ4v) is 1.66. The number of carbonyl (C=O) groups excluding carboxylic acids is 2. The highest BCUT2D eigenvalue weighted by Crippen LogP contribution is 2.37. The number of methoxy groups -OCH3 is 2. The molecule has 0 radical (unpaired) electrons. The van der Waals surface area contributed by atoms with Gasteiger partial charge in [-0.05, 0) is 32.1 Å². The Morgan fingerprint density at radius 2 is 1.77 bits per heavy atom. The predicted octanol–water partition coefficient (Wildman–Crippen LogP) is 2.51. The van der Waals surface area contributed by atoms with Gasteiger partial charge in [0, 0.05) is 0 Å². The Bertz CT molecular complexity index is 562. The van der Waals surface area contributed by atoms with Crippen LogP contribution in [0.25, 0.3) is 0 Å². The summed E-state index contributed by atoms with van der Waals surface area (Å²) < 4.78 is 21.0. The molecule has 0 aliphatic rings. The van der Waals surface area contributed by atoms with Crippen LogP contribution in [0, 0.1) is 0 Å². The van der Waals surface area contributed by atoms with Crippen LogP contribution in [0.15, 0.2) is 30.0 Å². The largest absolute Gasteiger partial charge is 0.493 e. The summed E-state index contributed by atoms with van der Waals surface area (Å²) in [6, 6.07) is 5.27. The van der Waals surface area contributed by atoms with E-state index in [1.165, 1.54) is 14.0 Å². The van der Waals surface area contributed by atoms with Gasteiger partial charge in [0.1, 0.15) is 24.6 Å². The Hall–Kier alpha value is -2.50. The SMILES string of the molecule is COc1cccc(O/C(C)=C/COC(=O)CC(C)=O)c1OC. The van der Waals surface area contributed by atoms with E-state index in [-0.39, 0.29) is 18.8 Å². The van der Waals surface area contributed by atoms with E-state index in [2.05, 4.69) is 0 Å². The van der Waals surface area contributed by atoms with Gasteiger partial charge in [0.25, 0.3) is 0 Å². The molecule has 0 saturated heterocycles. The van der Waals surface area contributed by atoms with Gasteiger partial charge in [-0.2, -0.15) is 0 Å². The minimum atomic E-state index is -0.560. The Kier molecular flexibility index (Phi) is 6.95. The second-order valence-corrected chi connectivity index (χ2v) is 4.47. The summed E-state index contributed by atoms with van der Waals surface area (Å²) in [5.74, 6) is 1.26. The third-order valence-corrected chi connectivity index (χ3v) is 2.65. The topological polar surface area (TPSA) is 71.1 Å². The van der Waals surface area contributed by atoms with Gasteiger partial charge in [-0.15, -0.1) is 0 Å². The van der Waals surface area contributed by atoms with E-state index in [0.717, 1.165) is 0 Å². The molecular weight excluding hydrogens is 288 g/mol. The highest BCUT2D eigenvalue weighted by molar-refractivity contribution is 5.94. The van der Waals surface area contributed by atoms with E-state index in [9.17, 15) is 9.59 Å². The van der Waals surface area contributed by atoms with Crippen molar-refractivity contribution in [1.82, 2.24) is 0 Å². The summed E-state index contributed by atoms with van der Waals surface area (Å²) in [5.41, 5.74) is 0. The fourth-order valence-electron chi connectivity index (χ4n) is 1.66. The van der Waals surface area contributed by atoms with Gasteiger partial charge in [0.05, 0.1) is 14.2 Å². The third kappa shape index (κ3) is 5.47. The molecule has 0 spiro atoms. The first kappa shape index (κ1) is 17.6. The maximum absolute atomic E-state index is 11.2. The molecule has 0 N–H and O–H groups in total. The Balaban J connectivity index is 2.65. The van der Waals surface area contributed by atoms with Crippen molar-refractivity contribution in [2.75, 3.05) is 20.8 Å². The smallest absolute Gasteiger partial charge is 0.313 e. The molecule has 0 aromatic heterocycles. The van der Waals surface area contributed by atoms with Crippen molar-refractivity contribution in [1.29, 1.82) is 0 Å². The van der Waals surface area contributed by atoms with Crippen LogP contribution in [0.5, 0.6) is 17.2 Å². The standard InChI is InChI=1S/C16H20O6/c1-11(17)10-15(18)21-9-8-12(2)22-14-7-5-6-13(19-3)16(14)20-4/h5-8H,9-10H2,1-4H3/b12-8+. The number of carbonyl (C=O) groups is 2. The Morgan fingerprint density at radius 3 is 2.36 bits per heavy atom. The molecule has 0 atom stereocenters. The number of hydrogen-bond donors (Lipinski definition) is 0. The number of esters is 1. The van der Waals surface area contributed by atoms with Gasteiger partial charge < -0.3 is 18.9 Å².